The first-order valence-corrected chi connectivity index (χ1v) is 26.5. The number of allylic oxidation sites excluding steroid dienone is 2. The van der Waals surface area contributed by atoms with Gasteiger partial charge >= 0.3 is 6.85 Å². The average Bonchev–Trinajstić information content (AvgIpc) is 4.01. The molecule has 0 radical (unpaired) electrons. The first-order chi connectivity index (χ1) is 33.7. The average molecular weight is 939 g/mol. The van der Waals surface area contributed by atoms with Gasteiger partial charge in [-0.2, -0.15) is 0 Å². The summed E-state index contributed by atoms with van der Waals surface area (Å²) in [6.45, 7) is 21.3. The van der Waals surface area contributed by atoms with Crippen LogP contribution in [0.2, 0.25) is 0 Å². The van der Waals surface area contributed by atoms with Crippen LogP contribution in [0.15, 0.2) is 152 Å². The highest BCUT2D eigenvalue weighted by Gasteiger charge is 2.45. The molecule has 4 aliphatic rings. The van der Waals surface area contributed by atoms with Gasteiger partial charge in [-0.25, -0.2) is 0 Å². The normalized spacial score (nSPS) is 16.5. The van der Waals surface area contributed by atoms with Crippen LogP contribution in [0, 0.1) is 0 Å². The van der Waals surface area contributed by atoms with Crippen LogP contribution in [-0.2, 0) is 16.2 Å². The monoisotopic (exact) mass is 938 g/mol. The Morgan fingerprint density at radius 3 is 2.06 bits per heavy atom. The van der Waals surface area contributed by atoms with E-state index in [-0.39, 0.29) is 23.1 Å². The Bertz CT molecular complexity index is 4210. The van der Waals surface area contributed by atoms with Crippen molar-refractivity contribution in [3.63, 3.8) is 0 Å². The summed E-state index contributed by atoms with van der Waals surface area (Å²) < 4.78 is 14.9. The highest BCUT2D eigenvalue weighted by molar-refractivity contribution is 7.26. The number of nitrogens with zero attached hydrogens (tertiary/aromatic N) is 2. The van der Waals surface area contributed by atoms with E-state index in [0.717, 1.165) is 33.9 Å². The minimum atomic E-state index is -0.140. The Morgan fingerprint density at radius 2 is 1.27 bits per heavy atom. The van der Waals surface area contributed by atoms with Gasteiger partial charge in [0, 0.05) is 90.9 Å². The van der Waals surface area contributed by atoms with Crippen molar-refractivity contribution in [1.29, 1.82) is 0 Å². The van der Waals surface area contributed by atoms with Gasteiger partial charge in [-0.15, -0.1) is 22.7 Å². The van der Waals surface area contributed by atoms with E-state index in [1.807, 2.05) is 22.7 Å². The van der Waals surface area contributed by atoms with Gasteiger partial charge in [-0.1, -0.05) is 134 Å². The summed E-state index contributed by atoms with van der Waals surface area (Å²) in [5.41, 5.74) is 18.9. The molecule has 0 spiro atoms. The summed E-state index contributed by atoms with van der Waals surface area (Å²) in [5, 5.41) is 7.89. The fourth-order valence-corrected chi connectivity index (χ4v) is 15.1. The lowest BCUT2D eigenvalue weighted by atomic mass is 9.43. The van der Waals surface area contributed by atoms with Gasteiger partial charge < -0.3 is 14.1 Å². The summed E-state index contributed by atoms with van der Waals surface area (Å²) in [6, 6.07) is 53.6. The smallest absolute Gasteiger partial charge is 0.333 e. The van der Waals surface area contributed by atoms with E-state index in [4.69, 9.17) is 11.3 Å². The van der Waals surface area contributed by atoms with Gasteiger partial charge in [-0.05, 0) is 129 Å². The van der Waals surface area contributed by atoms with E-state index in [9.17, 15) is 0 Å². The topological polar surface area (TPSA) is 17.4 Å². The van der Waals surface area contributed by atoms with Gasteiger partial charge in [-0.3, -0.25) is 0 Å². The third-order valence-electron chi connectivity index (χ3n) is 16.7. The predicted molar refractivity (Wildman–Crippen MR) is 304 cm³/mol. The summed E-state index contributed by atoms with van der Waals surface area (Å²) in [4.78, 5) is 2.68. The first kappa shape index (κ1) is 41.0. The molecular weight excluding hydrogens is 888 g/mol. The summed E-state index contributed by atoms with van der Waals surface area (Å²) in [6.07, 6.45) is 4.51. The molecule has 1 aliphatic carbocycles. The van der Waals surface area contributed by atoms with E-state index in [1.165, 1.54) is 125 Å². The fraction of sp³-hybridized carbons (Fsp3) is 0.188. The number of hydrogen-bond donors (Lipinski definition) is 0. The maximum atomic E-state index is 6.98. The van der Waals surface area contributed by atoms with Crippen LogP contribution in [0.3, 0.4) is 0 Å². The zero-order chi connectivity index (χ0) is 47.3. The van der Waals surface area contributed by atoms with Crippen molar-refractivity contribution in [1.82, 2.24) is 4.57 Å². The summed E-state index contributed by atoms with van der Waals surface area (Å²) in [7, 11) is 0. The molecule has 6 heteroatoms. The van der Waals surface area contributed by atoms with E-state index >= 15 is 0 Å². The lowest BCUT2D eigenvalue weighted by Crippen LogP contribution is -2.60. The highest BCUT2D eigenvalue weighted by atomic mass is 32.1. The molecule has 0 atom stereocenters. The Morgan fingerprint density at radius 1 is 0.586 bits per heavy atom. The van der Waals surface area contributed by atoms with Crippen molar-refractivity contribution in [3.05, 3.63) is 180 Å². The zero-order valence-corrected chi connectivity index (χ0v) is 42.3. The van der Waals surface area contributed by atoms with Crippen molar-refractivity contribution >= 4 is 125 Å². The Labute approximate surface area is 417 Å². The van der Waals surface area contributed by atoms with Gasteiger partial charge in [0.05, 0.1) is 11.0 Å². The van der Waals surface area contributed by atoms with E-state index in [2.05, 4.69) is 203 Å². The molecule has 11 aromatic rings. The summed E-state index contributed by atoms with van der Waals surface area (Å²) >= 11 is 3.85. The Balaban J connectivity index is 1.06. The van der Waals surface area contributed by atoms with Gasteiger partial charge in [0.25, 0.3) is 0 Å². The van der Waals surface area contributed by atoms with E-state index in [1.54, 1.807) is 0 Å². The quantitative estimate of drug-likeness (QED) is 0.161. The number of hydrogen-bond acceptors (Lipinski definition) is 4. The second-order valence-corrected chi connectivity index (χ2v) is 25.0. The maximum absolute atomic E-state index is 6.98. The molecule has 0 amide bonds. The fourth-order valence-electron chi connectivity index (χ4n) is 12.8. The molecule has 0 bridgehead atoms. The summed E-state index contributed by atoms with van der Waals surface area (Å²) in [5.74, 6) is 1.65. The van der Waals surface area contributed by atoms with Crippen molar-refractivity contribution in [2.45, 2.75) is 77.6 Å². The minimum absolute atomic E-state index is 0.0195. The van der Waals surface area contributed by atoms with Gasteiger partial charge in [0.1, 0.15) is 11.5 Å². The van der Waals surface area contributed by atoms with Gasteiger partial charge in [0.2, 0.25) is 0 Å². The molecule has 0 saturated carbocycles. The van der Waals surface area contributed by atoms with E-state index < -0.39 is 0 Å². The molecule has 0 saturated heterocycles. The first-order valence-electron chi connectivity index (χ1n) is 24.9. The lowest BCUT2D eigenvalue weighted by Gasteiger charge is -2.42. The lowest BCUT2D eigenvalue weighted by molar-refractivity contribution is 0.332. The predicted octanol–water partition coefficient (Wildman–Crippen LogP) is 16.9. The highest BCUT2D eigenvalue weighted by Crippen LogP contribution is 2.53. The van der Waals surface area contributed by atoms with Crippen molar-refractivity contribution in [3.8, 4) is 22.6 Å². The number of benzene rings is 8. The minimum Gasteiger partial charge on any atom is -0.456 e. The van der Waals surface area contributed by atoms with Crippen LogP contribution < -0.4 is 20.5 Å². The SMILES string of the molecule is C=C1C=C(c2ccccc2)Oc2cc3c(cc21)B1c2c(ccc4c5cc6sc7ccccc7c6cc5n-3c24)-c2cc3c(cc2N1c1ccc(C(C)(C)C)cc1)sc1cc2c(cc13)C(C)(C)CCC2(C)C. The molecule has 6 heterocycles. The van der Waals surface area contributed by atoms with Crippen molar-refractivity contribution in [2.24, 2.45) is 0 Å². The van der Waals surface area contributed by atoms with Crippen LogP contribution in [0.25, 0.3) is 90.3 Å². The van der Waals surface area contributed by atoms with Crippen molar-refractivity contribution < 1.29 is 4.74 Å². The molecule has 15 rings (SSSR count). The largest absolute Gasteiger partial charge is 0.456 e. The maximum Gasteiger partial charge on any atom is 0.333 e. The van der Waals surface area contributed by atoms with E-state index in [0.29, 0.717) is 0 Å². The molecule has 3 nitrogen and oxygen atoms in total. The number of aromatic nitrogens is 1. The molecule has 338 valence electrons. The molecular formula is C64H51BN2OS2. The van der Waals surface area contributed by atoms with Crippen LogP contribution in [0.4, 0.5) is 11.4 Å². The Kier molecular flexibility index (Phi) is 8.03. The standard InChI is InChI=1S/C64H51BN2OS2/c1-35-26-54(36-14-10-9-11-15-36)68-55-33-53-50(29-42(35)55)65-60-40(22-23-41-44-31-57-47(30-51(44)66(53)61(41)60)39-16-12-13-17-56(39)69-57)43-27-45-46-28-48-49(64(7,8)25-24-63(48,5)6)32-58(46)70-59(45)34-52(43)67(65)38-20-18-37(19-21-38)62(2,3)4/h9-23,26-34H,1,24-25H2,2-8H3. The molecule has 0 fully saturated rings. The number of ether oxygens (including phenoxy) is 1. The number of fused-ring (bicyclic) bond motifs is 16. The van der Waals surface area contributed by atoms with Crippen LogP contribution in [0.1, 0.15) is 89.1 Å². The molecule has 0 N–H and O–H groups in total. The molecule has 8 aromatic carbocycles. The second kappa shape index (κ2) is 13.7. The second-order valence-electron chi connectivity index (χ2n) is 22.8. The zero-order valence-electron chi connectivity index (χ0n) is 40.7. The van der Waals surface area contributed by atoms with Crippen LogP contribution >= 0.6 is 22.7 Å². The van der Waals surface area contributed by atoms with Gasteiger partial charge in [0.15, 0.2) is 0 Å². The molecule has 3 aliphatic heterocycles. The van der Waals surface area contributed by atoms with Crippen LogP contribution in [0.5, 0.6) is 5.75 Å². The number of thiophene rings is 2. The third kappa shape index (κ3) is 5.52. The molecule has 3 aromatic heterocycles. The Hall–Kier alpha value is -6.86. The van der Waals surface area contributed by atoms with Crippen LogP contribution in [-0.4, -0.2) is 11.4 Å². The van der Waals surface area contributed by atoms with Crippen molar-refractivity contribution in [2.75, 3.05) is 4.81 Å². The number of anilines is 2. The molecule has 70 heavy (non-hydrogen) atoms. The molecule has 0 unspecified atom stereocenters. The third-order valence-corrected chi connectivity index (χ3v) is 19.0. The number of rotatable bonds is 2.